The molecule has 0 amide bonds. The van der Waals surface area contributed by atoms with Crippen LogP contribution in [0.4, 0.5) is 0 Å². The van der Waals surface area contributed by atoms with Gasteiger partial charge in [0, 0.05) is 24.5 Å². The molecule has 2 aromatic rings. The van der Waals surface area contributed by atoms with E-state index in [0.29, 0.717) is 13.2 Å². The van der Waals surface area contributed by atoms with Crippen molar-refractivity contribution in [2.45, 2.75) is 19.6 Å². The lowest BCUT2D eigenvalue weighted by Crippen LogP contribution is -2.10. The largest absolute Gasteiger partial charge is 0.494 e. The van der Waals surface area contributed by atoms with Crippen molar-refractivity contribution in [2.75, 3.05) is 6.61 Å². The van der Waals surface area contributed by atoms with Crippen molar-refractivity contribution in [1.29, 1.82) is 0 Å². The van der Waals surface area contributed by atoms with E-state index in [2.05, 4.69) is 0 Å². The molecule has 0 spiro atoms. The second-order valence-corrected chi connectivity index (χ2v) is 4.25. The molecule has 1 N–H and O–H groups in total. The molecule has 1 aromatic heterocycles. The maximum absolute atomic E-state index is 11.0. The second kappa shape index (κ2) is 6.20. The zero-order valence-electron chi connectivity index (χ0n) is 10.8. The Kier molecular flexibility index (Phi) is 4.36. The minimum absolute atomic E-state index is 0.0354. The molecular weight excluding hydrogens is 242 g/mol. The molecule has 0 aliphatic rings. The first-order valence-electron chi connectivity index (χ1n) is 6.26. The summed E-state index contributed by atoms with van der Waals surface area (Å²) in [7, 11) is 0. The fraction of sp³-hybridized carbons (Fsp3) is 0.267. The Morgan fingerprint density at radius 2 is 1.79 bits per heavy atom. The molecule has 0 aliphatic heterocycles. The van der Waals surface area contributed by atoms with Crippen LogP contribution in [-0.4, -0.2) is 16.3 Å². The lowest BCUT2D eigenvalue weighted by Gasteiger charge is -2.14. The Labute approximate surface area is 111 Å². The minimum Gasteiger partial charge on any atom is -0.494 e. The maximum atomic E-state index is 11.0. The molecule has 2 rings (SSSR count). The maximum Gasteiger partial charge on any atom is 0.181 e. The van der Waals surface area contributed by atoms with Gasteiger partial charge in [-0.3, -0.25) is 4.79 Å². The number of aliphatic hydroxyl groups excluding tert-OH is 1. The smallest absolute Gasteiger partial charge is 0.181 e. The molecule has 0 bridgehead atoms. The van der Waals surface area contributed by atoms with Crippen LogP contribution in [0.15, 0.2) is 53.6 Å². The van der Waals surface area contributed by atoms with E-state index >= 15 is 0 Å². The van der Waals surface area contributed by atoms with Gasteiger partial charge in [-0.2, -0.15) is 0 Å². The van der Waals surface area contributed by atoms with Crippen LogP contribution in [0.1, 0.15) is 18.6 Å². The molecule has 0 fully saturated rings. The van der Waals surface area contributed by atoms with E-state index in [9.17, 15) is 9.90 Å². The predicted octanol–water partition coefficient (Wildman–Crippen LogP) is 1.98. The van der Waals surface area contributed by atoms with E-state index in [4.69, 9.17) is 4.74 Å². The standard InChI is InChI=1S/C15H17NO3/c1-2-19-14-5-3-12(4-6-14)15(18)11-16-9-7-13(17)8-10-16/h3-10,15,18H,2,11H2,1H3. The normalized spacial score (nSPS) is 12.1. The summed E-state index contributed by atoms with van der Waals surface area (Å²) < 4.78 is 7.13. The van der Waals surface area contributed by atoms with Gasteiger partial charge in [-0.15, -0.1) is 0 Å². The van der Waals surface area contributed by atoms with Crippen molar-refractivity contribution >= 4 is 0 Å². The molecule has 1 unspecified atom stereocenters. The molecule has 1 aromatic carbocycles. The third-order valence-electron chi connectivity index (χ3n) is 2.82. The van der Waals surface area contributed by atoms with Gasteiger partial charge in [0.15, 0.2) is 5.43 Å². The summed E-state index contributed by atoms with van der Waals surface area (Å²) >= 11 is 0. The van der Waals surface area contributed by atoms with Gasteiger partial charge >= 0.3 is 0 Å². The first-order chi connectivity index (χ1) is 9.19. The van der Waals surface area contributed by atoms with E-state index in [1.807, 2.05) is 31.2 Å². The third-order valence-corrected chi connectivity index (χ3v) is 2.82. The second-order valence-electron chi connectivity index (χ2n) is 4.25. The number of rotatable bonds is 5. The molecule has 0 radical (unpaired) electrons. The van der Waals surface area contributed by atoms with Crippen molar-refractivity contribution in [3.63, 3.8) is 0 Å². The van der Waals surface area contributed by atoms with E-state index in [0.717, 1.165) is 11.3 Å². The van der Waals surface area contributed by atoms with Crippen LogP contribution >= 0.6 is 0 Å². The highest BCUT2D eigenvalue weighted by Crippen LogP contribution is 2.19. The van der Waals surface area contributed by atoms with Crippen LogP contribution in [0.25, 0.3) is 0 Å². The lowest BCUT2D eigenvalue weighted by molar-refractivity contribution is 0.156. The van der Waals surface area contributed by atoms with Crippen LogP contribution in [0, 0.1) is 0 Å². The Balaban J connectivity index is 2.04. The molecule has 0 aliphatic carbocycles. The van der Waals surface area contributed by atoms with E-state index in [1.54, 1.807) is 17.0 Å². The Morgan fingerprint density at radius 3 is 2.37 bits per heavy atom. The third kappa shape index (κ3) is 3.69. The molecule has 1 atom stereocenters. The summed E-state index contributed by atoms with van der Waals surface area (Å²) in [5, 5.41) is 10.1. The number of benzene rings is 1. The molecule has 0 saturated heterocycles. The van der Waals surface area contributed by atoms with Crippen molar-refractivity contribution in [2.24, 2.45) is 0 Å². The lowest BCUT2D eigenvalue weighted by atomic mass is 10.1. The first kappa shape index (κ1) is 13.4. The van der Waals surface area contributed by atoms with Crippen molar-refractivity contribution in [3.05, 3.63) is 64.6 Å². The number of aliphatic hydroxyl groups is 1. The van der Waals surface area contributed by atoms with Crippen LogP contribution < -0.4 is 10.2 Å². The van der Waals surface area contributed by atoms with Gasteiger partial charge < -0.3 is 14.4 Å². The topological polar surface area (TPSA) is 51.5 Å². The van der Waals surface area contributed by atoms with Crippen molar-refractivity contribution < 1.29 is 9.84 Å². The zero-order valence-corrected chi connectivity index (χ0v) is 10.8. The Hall–Kier alpha value is -2.07. The minimum atomic E-state index is -0.613. The summed E-state index contributed by atoms with van der Waals surface area (Å²) in [5.41, 5.74) is 0.786. The molecule has 4 heteroatoms. The van der Waals surface area contributed by atoms with Gasteiger partial charge in [0.25, 0.3) is 0 Å². The molecule has 4 nitrogen and oxygen atoms in total. The summed E-state index contributed by atoms with van der Waals surface area (Å²) in [6.07, 6.45) is 2.72. The highest BCUT2D eigenvalue weighted by molar-refractivity contribution is 5.28. The number of hydrogen-bond donors (Lipinski definition) is 1. The average molecular weight is 259 g/mol. The van der Waals surface area contributed by atoms with Crippen LogP contribution in [0.2, 0.25) is 0 Å². The Bertz CT molecular complexity index is 554. The predicted molar refractivity (Wildman–Crippen MR) is 73.3 cm³/mol. The molecule has 19 heavy (non-hydrogen) atoms. The van der Waals surface area contributed by atoms with Crippen molar-refractivity contribution in [1.82, 2.24) is 4.57 Å². The first-order valence-corrected chi connectivity index (χ1v) is 6.26. The summed E-state index contributed by atoms with van der Waals surface area (Å²) in [5.74, 6) is 0.793. The fourth-order valence-electron chi connectivity index (χ4n) is 1.82. The zero-order chi connectivity index (χ0) is 13.7. The number of ether oxygens (including phenoxy) is 1. The number of pyridine rings is 1. The SMILES string of the molecule is CCOc1ccc(C(O)Cn2ccc(=O)cc2)cc1. The quantitative estimate of drug-likeness (QED) is 0.893. The number of aromatic nitrogens is 1. The average Bonchev–Trinajstić information content (AvgIpc) is 2.42. The molecule has 1 heterocycles. The van der Waals surface area contributed by atoms with Gasteiger partial charge in [-0.05, 0) is 24.6 Å². The van der Waals surface area contributed by atoms with E-state index in [1.165, 1.54) is 12.1 Å². The molecular formula is C15H17NO3. The van der Waals surface area contributed by atoms with Gasteiger partial charge in [0.1, 0.15) is 5.75 Å². The number of nitrogens with zero attached hydrogens (tertiary/aromatic N) is 1. The van der Waals surface area contributed by atoms with Gasteiger partial charge in [0.05, 0.1) is 19.3 Å². The van der Waals surface area contributed by atoms with E-state index < -0.39 is 6.10 Å². The molecule has 0 saturated carbocycles. The van der Waals surface area contributed by atoms with Gasteiger partial charge in [-0.1, -0.05) is 12.1 Å². The monoisotopic (exact) mass is 259 g/mol. The van der Waals surface area contributed by atoms with Crippen LogP contribution in [-0.2, 0) is 6.54 Å². The van der Waals surface area contributed by atoms with Gasteiger partial charge in [-0.25, -0.2) is 0 Å². The van der Waals surface area contributed by atoms with E-state index in [-0.39, 0.29) is 5.43 Å². The fourth-order valence-corrected chi connectivity index (χ4v) is 1.82. The van der Waals surface area contributed by atoms with Gasteiger partial charge in [0.2, 0.25) is 0 Å². The highest BCUT2D eigenvalue weighted by Gasteiger charge is 2.07. The van der Waals surface area contributed by atoms with Crippen LogP contribution in [0.5, 0.6) is 5.75 Å². The summed E-state index contributed by atoms with van der Waals surface area (Å²) in [6.45, 7) is 2.96. The van der Waals surface area contributed by atoms with Crippen molar-refractivity contribution in [3.8, 4) is 5.75 Å². The summed E-state index contributed by atoms with van der Waals surface area (Å²) in [4.78, 5) is 11.0. The summed E-state index contributed by atoms with van der Waals surface area (Å²) in [6, 6.07) is 10.3. The number of hydrogen-bond acceptors (Lipinski definition) is 3. The Morgan fingerprint density at radius 1 is 1.16 bits per heavy atom. The highest BCUT2D eigenvalue weighted by atomic mass is 16.5. The van der Waals surface area contributed by atoms with Crippen LogP contribution in [0.3, 0.4) is 0 Å². The molecule has 100 valence electrons.